The van der Waals surface area contributed by atoms with Crippen LogP contribution in [0.25, 0.3) is 0 Å². The van der Waals surface area contributed by atoms with Crippen LogP contribution in [0.2, 0.25) is 15.2 Å². The lowest BCUT2D eigenvalue weighted by molar-refractivity contribution is -0.131. The molecular formula is C8H6Cl3F3N2. The molecule has 0 saturated carbocycles. The van der Waals surface area contributed by atoms with Gasteiger partial charge in [-0.05, 0) is 6.07 Å². The summed E-state index contributed by atoms with van der Waals surface area (Å²) in [5, 5.41) is 2.69. The van der Waals surface area contributed by atoms with Gasteiger partial charge in [0.15, 0.2) is 0 Å². The fourth-order valence-corrected chi connectivity index (χ4v) is 1.46. The van der Waals surface area contributed by atoms with Crippen LogP contribution in [0.4, 0.5) is 19.0 Å². The second-order valence-corrected chi connectivity index (χ2v) is 4.06. The summed E-state index contributed by atoms with van der Waals surface area (Å²) in [5.74, 6) is 0.0836. The van der Waals surface area contributed by atoms with Gasteiger partial charge in [-0.25, -0.2) is 4.98 Å². The smallest absolute Gasteiger partial charge is 0.368 e. The standard InChI is InChI=1S/C8H6Cl3F3N2/c9-4-3-5(10)7(16-6(4)11)15-2-1-8(12,13)14/h3H,1-2H2,(H,15,16). The zero-order valence-corrected chi connectivity index (χ0v) is 9.97. The average molecular weight is 294 g/mol. The number of nitrogens with one attached hydrogen (secondary N) is 1. The first-order valence-electron chi connectivity index (χ1n) is 4.12. The predicted octanol–water partition coefficient (Wildman–Crippen LogP) is 4.41. The quantitative estimate of drug-likeness (QED) is 0.835. The number of rotatable bonds is 3. The van der Waals surface area contributed by atoms with E-state index in [2.05, 4.69) is 10.3 Å². The molecule has 0 spiro atoms. The second kappa shape index (κ2) is 5.29. The van der Waals surface area contributed by atoms with Crippen molar-refractivity contribution in [2.75, 3.05) is 11.9 Å². The van der Waals surface area contributed by atoms with E-state index in [4.69, 9.17) is 34.8 Å². The molecule has 0 aromatic carbocycles. The van der Waals surface area contributed by atoms with Gasteiger partial charge >= 0.3 is 6.18 Å². The fraction of sp³-hybridized carbons (Fsp3) is 0.375. The van der Waals surface area contributed by atoms with E-state index in [-0.39, 0.29) is 27.6 Å². The third-order valence-electron chi connectivity index (χ3n) is 1.59. The minimum atomic E-state index is -4.23. The molecule has 2 nitrogen and oxygen atoms in total. The molecular weight excluding hydrogens is 287 g/mol. The topological polar surface area (TPSA) is 24.9 Å². The molecule has 1 aromatic heterocycles. The van der Waals surface area contributed by atoms with Crippen molar-refractivity contribution in [2.45, 2.75) is 12.6 Å². The molecule has 0 unspecified atom stereocenters. The first-order valence-corrected chi connectivity index (χ1v) is 5.25. The van der Waals surface area contributed by atoms with Gasteiger partial charge < -0.3 is 5.32 Å². The van der Waals surface area contributed by atoms with Gasteiger partial charge in [-0.1, -0.05) is 34.8 Å². The van der Waals surface area contributed by atoms with E-state index in [9.17, 15) is 13.2 Å². The zero-order valence-electron chi connectivity index (χ0n) is 7.71. The molecule has 1 heterocycles. The van der Waals surface area contributed by atoms with Crippen molar-refractivity contribution in [3.05, 3.63) is 21.3 Å². The van der Waals surface area contributed by atoms with Gasteiger partial charge in [0.05, 0.1) is 16.5 Å². The van der Waals surface area contributed by atoms with Gasteiger partial charge in [-0.15, -0.1) is 0 Å². The number of aromatic nitrogens is 1. The molecule has 8 heteroatoms. The van der Waals surface area contributed by atoms with E-state index in [1.54, 1.807) is 0 Å². The van der Waals surface area contributed by atoms with Crippen molar-refractivity contribution in [1.82, 2.24) is 4.98 Å². The number of alkyl halides is 3. The highest BCUT2D eigenvalue weighted by molar-refractivity contribution is 6.42. The Morgan fingerprint density at radius 1 is 1.19 bits per heavy atom. The summed E-state index contributed by atoms with van der Waals surface area (Å²) in [6.07, 6.45) is -5.21. The summed E-state index contributed by atoms with van der Waals surface area (Å²) in [7, 11) is 0. The monoisotopic (exact) mass is 292 g/mol. The molecule has 0 fully saturated rings. The van der Waals surface area contributed by atoms with Gasteiger partial charge in [-0.3, -0.25) is 0 Å². The highest BCUT2D eigenvalue weighted by atomic mass is 35.5. The van der Waals surface area contributed by atoms with E-state index in [0.717, 1.165) is 0 Å². The fourth-order valence-electron chi connectivity index (χ4n) is 0.891. The summed E-state index contributed by atoms with van der Waals surface area (Å²) < 4.78 is 35.6. The van der Waals surface area contributed by atoms with E-state index in [1.165, 1.54) is 6.07 Å². The van der Waals surface area contributed by atoms with Crippen LogP contribution in [0.5, 0.6) is 0 Å². The van der Waals surface area contributed by atoms with Crippen LogP contribution in [0, 0.1) is 0 Å². The van der Waals surface area contributed by atoms with Crippen LogP contribution < -0.4 is 5.32 Å². The Hall–Kier alpha value is -0.390. The lowest BCUT2D eigenvalue weighted by Crippen LogP contribution is -2.15. The van der Waals surface area contributed by atoms with E-state index in [1.807, 2.05) is 0 Å². The highest BCUT2D eigenvalue weighted by Gasteiger charge is 2.26. The highest BCUT2D eigenvalue weighted by Crippen LogP contribution is 2.29. The molecule has 1 rings (SSSR count). The minimum Gasteiger partial charge on any atom is -0.368 e. The van der Waals surface area contributed by atoms with E-state index < -0.39 is 12.6 Å². The van der Waals surface area contributed by atoms with Crippen molar-refractivity contribution >= 4 is 40.6 Å². The molecule has 0 bridgehead atoms. The third-order valence-corrected chi connectivity index (χ3v) is 2.55. The molecule has 0 saturated heterocycles. The SMILES string of the molecule is FC(F)(F)CCNc1nc(Cl)c(Cl)cc1Cl. The maximum absolute atomic E-state index is 11.9. The number of hydrogen-bond acceptors (Lipinski definition) is 2. The molecule has 0 radical (unpaired) electrons. The van der Waals surface area contributed by atoms with Crippen molar-refractivity contribution in [3.8, 4) is 0 Å². The number of nitrogens with zero attached hydrogens (tertiary/aromatic N) is 1. The van der Waals surface area contributed by atoms with Crippen LogP contribution in [-0.4, -0.2) is 17.7 Å². The second-order valence-electron chi connectivity index (χ2n) is 2.88. The Kier molecular flexibility index (Phi) is 4.52. The molecule has 1 N–H and O–H groups in total. The summed E-state index contributed by atoms with van der Waals surface area (Å²) >= 11 is 16.9. The Bertz CT molecular complexity index is 382. The van der Waals surface area contributed by atoms with Crippen molar-refractivity contribution < 1.29 is 13.2 Å². The summed E-state index contributed by atoms with van der Waals surface area (Å²) in [4.78, 5) is 3.71. The van der Waals surface area contributed by atoms with Gasteiger partial charge in [0, 0.05) is 6.54 Å². The first-order chi connectivity index (χ1) is 7.29. The van der Waals surface area contributed by atoms with Crippen molar-refractivity contribution in [1.29, 1.82) is 0 Å². The van der Waals surface area contributed by atoms with E-state index >= 15 is 0 Å². The van der Waals surface area contributed by atoms with Gasteiger partial charge in [-0.2, -0.15) is 13.2 Å². The predicted molar refractivity (Wildman–Crippen MR) is 58.4 cm³/mol. The Labute approximate surface area is 105 Å². The number of halogens is 6. The summed E-state index contributed by atoms with van der Waals surface area (Å²) in [6.45, 7) is -0.325. The summed E-state index contributed by atoms with van der Waals surface area (Å²) in [5.41, 5.74) is 0. The van der Waals surface area contributed by atoms with E-state index in [0.29, 0.717) is 0 Å². The number of anilines is 1. The zero-order chi connectivity index (χ0) is 12.3. The number of pyridine rings is 1. The Balaban J connectivity index is 2.64. The largest absolute Gasteiger partial charge is 0.390 e. The molecule has 0 aliphatic rings. The molecule has 0 amide bonds. The van der Waals surface area contributed by atoms with Gasteiger partial charge in [0.1, 0.15) is 11.0 Å². The minimum absolute atomic E-state index is 0.0134. The lowest BCUT2D eigenvalue weighted by Gasteiger charge is -2.10. The van der Waals surface area contributed by atoms with Crippen LogP contribution >= 0.6 is 34.8 Å². The van der Waals surface area contributed by atoms with Crippen molar-refractivity contribution in [3.63, 3.8) is 0 Å². The molecule has 0 atom stereocenters. The normalized spacial score (nSPS) is 11.6. The van der Waals surface area contributed by atoms with Crippen LogP contribution in [0.3, 0.4) is 0 Å². The third kappa shape index (κ3) is 4.23. The molecule has 16 heavy (non-hydrogen) atoms. The van der Waals surface area contributed by atoms with Crippen LogP contribution in [0.15, 0.2) is 6.07 Å². The molecule has 0 aliphatic heterocycles. The Morgan fingerprint density at radius 3 is 2.38 bits per heavy atom. The van der Waals surface area contributed by atoms with Gasteiger partial charge in [0.2, 0.25) is 0 Å². The van der Waals surface area contributed by atoms with Crippen LogP contribution in [-0.2, 0) is 0 Å². The maximum atomic E-state index is 11.9. The first kappa shape index (κ1) is 13.7. The maximum Gasteiger partial charge on any atom is 0.390 e. The lowest BCUT2D eigenvalue weighted by atomic mass is 10.4. The summed E-state index contributed by atoms with van der Waals surface area (Å²) in [6, 6.07) is 1.31. The van der Waals surface area contributed by atoms with Gasteiger partial charge in [0.25, 0.3) is 0 Å². The number of hydrogen-bond donors (Lipinski definition) is 1. The molecule has 0 aliphatic carbocycles. The van der Waals surface area contributed by atoms with Crippen LogP contribution in [0.1, 0.15) is 6.42 Å². The molecule has 90 valence electrons. The molecule has 1 aromatic rings. The van der Waals surface area contributed by atoms with Crippen molar-refractivity contribution in [2.24, 2.45) is 0 Å². The average Bonchev–Trinajstić information content (AvgIpc) is 2.11. The Morgan fingerprint density at radius 2 is 1.81 bits per heavy atom.